The second-order valence-corrected chi connectivity index (χ2v) is 6.03. The molecule has 0 fully saturated rings. The van der Waals surface area contributed by atoms with Crippen molar-refractivity contribution >= 4 is 18.3 Å². The predicted octanol–water partition coefficient (Wildman–Crippen LogP) is 4.19. The molecule has 0 aliphatic carbocycles. The van der Waals surface area contributed by atoms with Crippen molar-refractivity contribution in [3.8, 4) is 11.4 Å². The molecule has 132 valence electrons. The number of nitrogens with zero attached hydrogens (tertiary/aromatic N) is 4. The van der Waals surface area contributed by atoms with Crippen LogP contribution in [0.1, 0.15) is 42.1 Å². The molecule has 0 aliphatic rings. The van der Waals surface area contributed by atoms with Crippen LogP contribution in [0, 0.1) is 12.7 Å². The summed E-state index contributed by atoms with van der Waals surface area (Å²) in [4.78, 5) is 25.8. The van der Waals surface area contributed by atoms with E-state index in [1.165, 1.54) is 12.1 Å². The van der Waals surface area contributed by atoms with Gasteiger partial charge in [-0.25, -0.2) is 19.4 Å². The van der Waals surface area contributed by atoms with Crippen LogP contribution in [0.5, 0.6) is 0 Å². The third-order valence-corrected chi connectivity index (χ3v) is 3.77. The van der Waals surface area contributed by atoms with Gasteiger partial charge in [-0.15, -0.1) is 0 Å². The molecular weight excluding hydrogens is 319 g/mol. The first-order chi connectivity index (χ1) is 12.0. The maximum atomic E-state index is 14.3. The second kappa shape index (κ2) is 9.01. The van der Waals surface area contributed by atoms with Gasteiger partial charge in [-0.1, -0.05) is 19.8 Å². The molecule has 25 heavy (non-hydrogen) atoms. The first-order valence-corrected chi connectivity index (χ1v) is 8.37. The molecule has 0 radical (unpaired) electrons. The number of halogens is 1. The van der Waals surface area contributed by atoms with E-state index in [0.29, 0.717) is 12.0 Å². The maximum absolute atomic E-state index is 14.3. The van der Waals surface area contributed by atoms with Gasteiger partial charge in [0, 0.05) is 31.5 Å². The quantitative estimate of drug-likeness (QED) is 0.312. The highest BCUT2D eigenvalue weighted by atomic mass is 19.1. The summed E-state index contributed by atoms with van der Waals surface area (Å²) in [5, 5.41) is 0. The van der Waals surface area contributed by atoms with Crippen molar-refractivity contribution in [1.82, 2.24) is 14.9 Å². The van der Waals surface area contributed by atoms with Crippen LogP contribution in [0.3, 0.4) is 0 Å². The number of hydrogen-bond donors (Lipinski definition) is 0. The maximum Gasteiger partial charge on any atom is 0.162 e. The Morgan fingerprint density at radius 2 is 1.96 bits per heavy atom. The van der Waals surface area contributed by atoms with E-state index in [4.69, 9.17) is 0 Å². The first-order valence-electron chi connectivity index (χ1n) is 8.37. The number of carbonyl (C=O) groups excluding carboxylic acids is 1. The highest BCUT2D eigenvalue weighted by Gasteiger charge is 2.13. The molecule has 6 heteroatoms. The number of aldehydes is 1. The zero-order valence-corrected chi connectivity index (χ0v) is 14.9. The summed E-state index contributed by atoms with van der Waals surface area (Å²) in [5.41, 5.74) is 1.72. The van der Waals surface area contributed by atoms with Gasteiger partial charge in [-0.2, -0.15) is 0 Å². The van der Waals surface area contributed by atoms with Crippen molar-refractivity contribution in [2.45, 2.75) is 33.1 Å². The Bertz CT molecular complexity index is 744. The van der Waals surface area contributed by atoms with E-state index in [1.54, 1.807) is 18.7 Å². The van der Waals surface area contributed by atoms with Gasteiger partial charge in [0.15, 0.2) is 12.1 Å². The molecule has 0 atom stereocenters. The highest BCUT2D eigenvalue weighted by Crippen LogP contribution is 2.27. The Morgan fingerprint density at radius 1 is 1.24 bits per heavy atom. The van der Waals surface area contributed by atoms with Crippen LogP contribution in [-0.4, -0.2) is 41.1 Å². The van der Waals surface area contributed by atoms with Crippen LogP contribution in [0.15, 0.2) is 29.5 Å². The molecule has 1 aromatic carbocycles. The second-order valence-electron chi connectivity index (χ2n) is 6.03. The number of carbonyl (C=O) groups is 1. The molecule has 0 aliphatic heterocycles. The highest BCUT2D eigenvalue weighted by molar-refractivity contribution is 5.86. The third-order valence-electron chi connectivity index (χ3n) is 3.77. The Balaban J connectivity index is 2.29. The number of unbranched alkanes of at least 4 members (excludes halogenated alkanes) is 2. The number of benzene rings is 1. The summed E-state index contributed by atoms with van der Waals surface area (Å²) in [6.07, 6.45) is 8.90. The zero-order chi connectivity index (χ0) is 18.2. The number of aryl methyl sites for hydroxylation is 1. The largest absolute Gasteiger partial charge is 0.366 e. The van der Waals surface area contributed by atoms with Crippen LogP contribution in [-0.2, 0) is 0 Å². The molecule has 1 aromatic heterocycles. The Morgan fingerprint density at radius 3 is 2.60 bits per heavy atom. The predicted molar refractivity (Wildman–Crippen MR) is 97.9 cm³/mol. The normalized spacial score (nSPS) is 11.0. The van der Waals surface area contributed by atoms with Crippen LogP contribution < -0.4 is 0 Å². The Labute approximate surface area is 147 Å². The van der Waals surface area contributed by atoms with Crippen molar-refractivity contribution in [1.29, 1.82) is 0 Å². The number of aromatic nitrogens is 2. The minimum Gasteiger partial charge on any atom is -0.366 e. The number of aliphatic imine (C=N–C) groups is 1. The van der Waals surface area contributed by atoms with Crippen molar-refractivity contribution in [2.75, 3.05) is 13.6 Å². The summed E-state index contributed by atoms with van der Waals surface area (Å²) in [7, 11) is 1.92. The lowest BCUT2D eigenvalue weighted by atomic mass is 10.1. The van der Waals surface area contributed by atoms with Gasteiger partial charge in [-0.3, -0.25) is 4.79 Å². The number of rotatable bonds is 8. The summed E-state index contributed by atoms with van der Waals surface area (Å²) in [6, 6.07) is 2.69. The molecule has 0 bridgehead atoms. The molecule has 5 nitrogen and oxygen atoms in total. The summed E-state index contributed by atoms with van der Waals surface area (Å²) in [6.45, 7) is 4.89. The van der Waals surface area contributed by atoms with Crippen LogP contribution in [0.25, 0.3) is 11.4 Å². The van der Waals surface area contributed by atoms with Crippen LogP contribution in [0.2, 0.25) is 0 Å². The van der Waals surface area contributed by atoms with E-state index in [2.05, 4.69) is 21.9 Å². The molecular formula is C19H23FN4O. The minimum atomic E-state index is -0.541. The van der Waals surface area contributed by atoms with Crippen LogP contribution in [0.4, 0.5) is 10.1 Å². The van der Waals surface area contributed by atoms with Crippen molar-refractivity contribution in [3.63, 3.8) is 0 Å². The van der Waals surface area contributed by atoms with Gasteiger partial charge in [0.2, 0.25) is 0 Å². The lowest BCUT2D eigenvalue weighted by Gasteiger charge is -2.12. The number of hydrogen-bond acceptors (Lipinski definition) is 4. The van der Waals surface area contributed by atoms with Crippen molar-refractivity contribution in [3.05, 3.63) is 41.5 Å². The summed E-state index contributed by atoms with van der Waals surface area (Å²) >= 11 is 0. The van der Waals surface area contributed by atoms with Gasteiger partial charge < -0.3 is 4.90 Å². The molecule has 0 N–H and O–H groups in total. The average Bonchev–Trinajstić information content (AvgIpc) is 2.61. The van der Waals surface area contributed by atoms with Crippen molar-refractivity contribution < 1.29 is 9.18 Å². The van der Waals surface area contributed by atoms with Gasteiger partial charge in [-0.05, 0) is 31.0 Å². The van der Waals surface area contributed by atoms with Crippen LogP contribution >= 0.6 is 0 Å². The molecule has 0 unspecified atom stereocenters. The molecule has 2 aromatic rings. The topological polar surface area (TPSA) is 58.5 Å². The first kappa shape index (κ1) is 18.7. The molecule has 0 saturated heterocycles. The fourth-order valence-electron chi connectivity index (χ4n) is 2.32. The average molecular weight is 342 g/mol. The smallest absolute Gasteiger partial charge is 0.162 e. The van der Waals surface area contributed by atoms with E-state index in [9.17, 15) is 9.18 Å². The van der Waals surface area contributed by atoms with E-state index < -0.39 is 5.82 Å². The van der Waals surface area contributed by atoms with E-state index in [-0.39, 0.29) is 17.0 Å². The lowest BCUT2D eigenvalue weighted by molar-refractivity contribution is 0.112. The fraction of sp³-hybridized carbons (Fsp3) is 0.368. The van der Waals surface area contributed by atoms with Crippen molar-refractivity contribution in [2.24, 2.45) is 4.99 Å². The SMILES string of the molecule is CCCCCN(C)C=Nc1cc(-c2ncc(C)cn2)c(F)cc1C=O. The third kappa shape index (κ3) is 5.17. The molecule has 0 spiro atoms. The van der Waals surface area contributed by atoms with E-state index >= 15 is 0 Å². The molecule has 2 rings (SSSR count). The van der Waals surface area contributed by atoms with E-state index in [0.717, 1.165) is 31.4 Å². The van der Waals surface area contributed by atoms with Gasteiger partial charge in [0.05, 0.1) is 17.6 Å². The molecule has 1 heterocycles. The minimum absolute atomic E-state index is 0.201. The standard InChI is InChI=1S/C19H23FN4O/c1-4-5-6-7-24(3)13-23-18-9-16(17(20)8-15(18)12-25)19-21-10-14(2)11-22-19/h8-13H,4-7H2,1-3H3. The summed E-state index contributed by atoms with van der Waals surface area (Å²) < 4.78 is 14.3. The van der Waals surface area contributed by atoms with Gasteiger partial charge in [0.25, 0.3) is 0 Å². The Hall–Kier alpha value is -2.63. The Kier molecular flexibility index (Phi) is 6.74. The molecule has 0 amide bonds. The van der Waals surface area contributed by atoms with E-state index in [1.807, 2.05) is 18.9 Å². The fourth-order valence-corrected chi connectivity index (χ4v) is 2.32. The summed E-state index contributed by atoms with van der Waals surface area (Å²) in [5.74, 6) is -0.269. The van der Waals surface area contributed by atoms with Gasteiger partial charge in [0.1, 0.15) is 5.82 Å². The monoisotopic (exact) mass is 342 g/mol. The van der Waals surface area contributed by atoms with Gasteiger partial charge >= 0.3 is 0 Å². The zero-order valence-electron chi connectivity index (χ0n) is 14.9. The lowest BCUT2D eigenvalue weighted by Crippen LogP contribution is -2.17. The molecule has 0 saturated carbocycles.